The molecule has 0 aliphatic rings. The zero-order valence-electron chi connectivity index (χ0n) is 14.2. The van der Waals surface area contributed by atoms with Crippen LogP contribution in [0.4, 0.5) is 10.1 Å². The van der Waals surface area contributed by atoms with E-state index in [1.807, 2.05) is 24.3 Å². The molecule has 0 atom stereocenters. The molecule has 0 saturated heterocycles. The summed E-state index contributed by atoms with van der Waals surface area (Å²) in [6, 6.07) is 5.77. The number of carbonyl (C=O) groups is 1. The summed E-state index contributed by atoms with van der Waals surface area (Å²) in [6.07, 6.45) is 0. The van der Waals surface area contributed by atoms with Crippen LogP contribution in [0.3, 0.4) is 0 Å². The Morgan fingerprint density at radius 1 is 1.44 bits per heavy atom. The van der Waals surface area contributed by atoms with Gasteiger partial charge in [0.05, 0.1) is 23.8 Å². The number of halogens is 2. The van der Waals surface area contributed by atoms with E-state index in [9.17, 15) is 9.18 Å². The first-order valence-electron chi connectivity index (χ1n) is 7.36. The number of anilines is 1. The molecule has 1 aromatic carbocycles. The summed E-state index contributed by atoms with van der Waals surface area (Å²) < 4.78 is 13.1. The lowest BCUT2D eigenvalue weighted by Crippen LogP contribution is -2.42. The fraction of sp³-hybridized carbons (Fsp3) is 0.312. The van der Waals surface area contributed by atoms with Gasteiger partial charge in [0.15, 0.2) is 5.96 Å². The molecule has 0 bridgehead atoms. The Bertz CT molecular complexity index is 737. The second-order valence-electron chi connectivity index (χ2n) is 5.17. The van der Waals surface area contributed by atoms with E-state index in [1.165, 1.54) is 12.1 Å². The number of rotatable bonds is 5. The lowest BCUT2D eigenvalue weighted by Gasteiger charge is -2.21. The van der Waals surface area contributed by atoms with E-state index in [4.69, 9.17) is 0 Å². The number of aryl methyl sites for hydroxylation is 1. The van der Waals surface area contributed by atoms with Gasteiger partial charge in [0, 0.05) is 25.2 Å². The average molecular weight is 477 g/mol. The molecule has 1 amide bonds. The van der Waals surface area contributed by atoms with Crippen LogP contribution in [0, 0.1) is 12.7 Å². The van der Waals surface area contributed by atoms with E-state index in [1.54, 1.807) is 30.5 Å². The minimum absolute atomic E-state index is 0. The van der Waals surface area contributed by atoms with E-state index < -0.39 is 5.82 Å². The van der Waals surface area contributed by atoms with Gasteiger partial charge < -0.3 is 15.5 Å². The van der Waals surface area contributed by atoms with Gasteiger partial charge in [-0.3, -0.25) is 9.79 Å². The average Bonchev–Trinajstić information content (AvgIpc) is 2.93. The topological polar surface area (TPSA) is 69.6 Å². The molecule has 6 nitrogen and oxygen atoms in total. The van der Waals surface area contributed by atoms with Crippen molar-refractivity contribution in [1.82, 2.24) is 15.2 Å². The minimum atomic E-state index is -0.394. The van der Waals surface area contributed by atoms with Crippen LogP contribution in [0.25, 0.3) is 0 Å². The number of aromatic nitrogens is 1. The second kappa shape index (κ2) is 10.3. The van der Waals surface area contributed by atoms with Crippen molar-refractivity contribution >= 4 is 52.9 Å². The Morgan fingerprint density at radius 3 is 2.80 bits per heavy atom. The number of nitrogens with one attached hydrogen (secondary N) is 2. The van der Waals surface area contributed by atoms with Gasteiger partial charge in [0.2, 0.25) is 5.91 Å². The minimum Gasteiger partial charge on any atom is -0.347 e. The summed E-state index contributed by atoms with van der Waals surface area (Å²) in [6.45, 7) is 2.58. The molecule has 0 saturated carbocycles. The van der Waals surface area contributed by atoms with E-state index >= 15 is 0 Å². The summed E-state index contributed by atoms with van der Waals surface area (Å²) in [5.74, 6) is -0.0930. The Morgan fingerprint density at radius 2 is 2.20 bits per heavy atom. The molecule has 0 fully saturated rings. The van der Waals surface area contributed by atoms with E-state index in [0.29, 0.717) is 18.2 Å². The Hall–Kier alpha value is -1.75. The smallest absolute Gasteiger partial charge is 0.243 e. The first-order chi connectivity index (χ1) is 11.5. The highest BCUT2D eigenvalue weighted by molar-refractivity contribution is 14.0. The first-order valence-corrected chi connectivity index (χ1v) is 8.24. The quantitative estimate of drug-likeness (QED) is 0.395. The van der Waals surface area contributed by atoms with Gasteiger partial charge >= 0.3 is 0 Å². The SMILES string of the molecule is CN=C(NCC(=O)Nc1cccc(F)c1)N(C)Cc1csc(C)n1.I. The van der Waals surface area contributed by atoms with Crippen molar-refractivity contribution < 1.29 is 9.18 Å². The molecule has 0 radical (unpaired) electrons. The lowest BCUT2D eigenvalue weighted by atomic mass is 10.3. The molecule has 2 rings (SSSR count). The van der Waals surface area contributed by atoms with Crippen LogP contribution in [0.15, 0.2) is 34.6 Å². The Labute approximate surface area is 167 Å². The summed E-state index contributed by atoms with van der Waals surface area (Å²) >= 11 is 1.59. The molecule has 1 heterocycles. The maximum Gasteiger partial charge on any atom is 0.243 e. The van der Waals surface area contributed by atoms with E-state index in [0.717, 1.165) is 10.7 Å². The molecule has 9 heteroatoms. The zero-order chi connectivity index (χ0) is 17.5. The number of amides is 1. The van der Waals surface area contributed by atoms with Crippen molar-refractivity contribution in [2.24, 2.45) is 4.99 Å². The highest BCUT2D eigenvalue weighted by Crippen LogP contribution is 2.10. The standard InChI is InChI=1S/C16H20FN5OS.HI/c1-11-20-14(10-24-11)9-22(3)16(18-2)19-8-15(23)21-13-6-4-5-12(17)7-13;/h4-7,10H,8-9H2,1-3H3,(H,18,19)(H,21,23);1H. The molecular weight excluding hydrogens is 456 g/mol. The van der Waals surface area contributed by atoms with Gasteiger partial charge in [-0.25, -0.2) is 9.37 Å². The van der Waals surface area contributed by atoms with Crippen LogP contribution < -0.4 is 10.6 Å². The van der Waals surface area contributed by atoms with Crippen LogP contribution in [0.2, 0.25) is 0 Å². The summed E-state index contributed by atoms with van der Waals surface area (Å²) in [7, 11) is 3.52. The molecule has 2 N–H and O–H groups in total. The Kier molecular flexibility index (Phi) is 8.76. The predicted molar refractivity (Wildman–Crippen MR) is 110 cm³/mol. The number of benzene rings is 1. The van der Waals surface area contributed by atoms with Crippen LogP contribution in [-0.2, 0) is 11.3 Å². The van der Waals surface area contributed by atoms with Crippen LogP contribution in [0.1, 0.15) is 10.7 Å². The summed E-state index contributed by atoms with van der Waals surface area (Å²) in [4.78, 5) is 22.4. The third-order valence-electron chi connectivity index (χ3n) is 3.15. The normalized spacial score (nSPS) is 10.8. The van der Waals surface area contributed by atoms with Crippen molar-refractivity contribution in [3.8, 4) is 0 Å². The predicted octanol–water partition coefficient (Wildman–Crippen LogP) is 2.85. The molecule has 136 valence electrons. The maximum absolute atomic E-state index is 13.1. The van der Waals surface area contributed by atoms with Crippen LogP contribution >= 0.6 is 35.3 Å². The van der Waals surface area contributed by atoms with Gasteiger partial charge in [-0.15, -0.1) is 35.3 Å². The van der Waals surface area contributed by atoms with Crippen molar-refractivity contribution in [1.29, 1.82) is 0 Å². The Balaban J connectivity index is 0.00000312. The molecule has 0 aliphatic carbocycles. The highest BCUT2D eigenvalue weighted by Gasteiger charge is 2.10. The third-order valence-corrected chi connectivity index (χ3v) is 3.98. The van der Waals surface area contributed by atoms with Gasteiger partial charge in [-0.05, 0) is 25.1 Å². The molecule has 25 heavy (non-hydrogen) atoms. The second-order valence-corrected chi connectivity index (χ2v) is 6.24. The maximum atomic E-state index is 13.1. The number of carbonyl (C=O) groups excluding carboxylic acids is 1. The number of nitrogens with zero attached hydrogens (tertiary/aromatic N) is 3. The van der Waals surface area contributed by atoms with Crippen molar-refractivity contribution in [2.45, 2.75) is 13.5 Å². The molecule has 0 unspecified atom stereocenters. The van der Waals surface area contributed by atoms with Gasteiger partial charge in [-0.2, -0.15) is 0 Å². The van der Waals surface area contributed by atoms with Crippen molar-refractivity contribution in [3.63, 3.8) is 0 Å². The summed E-state index contributed by atoms with van der Waals surface area (Å²) in [5, 5.41) is 8.61. The monoisotopic (exact) mass is 477 g/mol. The van der Waals surface area contributed by atoms with Crippen LogP contribution in [-0.4, -0.2) is 42.4 Å². The van der Waals surface area contributed by atoms with Gasteiger partial charge in [0.25, 0.3) is 0 Å². The number of thiazole rings is 1. The van der Waals surface area contributed by atoms with E-state index in [2.05, 4.69) is 20.6 Å². The van der Waals surface area contributed by atoms with Crippen molar-refractivity contribution in [2.75, 3.05) is 26.0 Å². The van der Waals surface area contributed by atoms with Crippen molar-refractivity contribution in [3.05, 3.63) is 46.2 Å². The van der Waals surface area contributed by atoms with Gasteiger partial charge in [0.1, 0.15) is 5.82 Å². The third kappa shape index (κ3) is 6.94. The fourth-order valence-corrected chi connectivity index (χ4v) is 2.72. The number of hydrogen-bond donors (Lipinski definition) is 2. The summed E-state index contributed by atoms with van der Waals surface area (Å²) in [5.41, 5.74) is 1.37. The number of aliphatic imine (C=N–C) groups is 1. The molecule has 0 aliphatic heterocycles. The van der Waals surface area contributed by atoms with Gasteiger partial charge in [-0.1, -0.05) is 6.07 Å². The fourth-order valence-electron chi connectivity index (χ4n) is 2.11. The number of guanidine groups is 1. The number of hydrogen-bond acceptors (Lipinski definition) is 4. The van der Waals surface area contributed by atoms with E-state index in [-0.39, 0.29) is 36.4 Å². The molecule has 1 aromatic heterocycles. The highest BCUT2D eigenvalue weighted by atomic mass is 127. The lowest BCUT2D eigenvalue weighted by molar-refractivity contribution is -0.115. The zero-order valence-corrected chi connectivity index (χ0v) is 17.4. The molecular formula is C16H21FIN5OS. The molecule has 0 spiro atoms. The van der Waals surface area contributed by atoms with Crippen LogP contribution in [0.5, 0.6) is 0 Å². The molecule has 2 aromatic rings. The first kappa shape index (κ1) is 21.3. The largest absolute Gasteiger partial charge is 0.347 e.